The molecule has 0 bridgehead atoms. The highest BCUT2D eigenvalue weighted by Gasteiger charge is 2.32. The lowest BCUT2D eigenvalue weighted by Crippen LogP contribution is -2.90. The molecule has 1 saturated heterocycles. The molecule has 0 spiro atoms. The first-order chi connectivity index (χ1) is 8.84. The van der Waals surface area contributed by atoms with Gasteiger partial charge in [-0.05, 0) is 12.1 Å². The van der Waals surface area contributed by atoms with Crippen LogP contribution in [-0.2, 0) is 4.79 Å². The number of hydrogen-bond acceptors (Lipinski definition) is 3. The molecule has 2 aliphatic heterocycles. The summed E-state index contributed by atoms with van der Waals surface area (Å²) in [6.45, 7) is 3.82. The topological polar surface area (TPSA) is 55.4 Å². The normalized spacial score (nSPS) is 22.7. The third-order valence-electron chi connectivity index (χ3n) is 3.30. The van der Waals surface area contributed by atoms with Gasteiger partial charge in [-0.2, -0.15) is 0 Å². The van der Waals surface area contributed by atoms with Crippen LogP contribution in [0.1, 0.15) is 0 Å². The second-order valence-corrected chi connectivity index (χ2v) is 4.56. The Bertz CT molecular complexity index is 444. The van der Waals surface area contributed by atoms with Crippen LogP contribution in [0.3, 0.4) is 0 Å². The van der Waals surface area contributed by atoms with Crippen LogP contribution in [0, 0.1) is 0 Å². The zero-order valence-electron chi connectivity index (χ0n) is 10.2. The molecule has 1 aromatic rings. The summed E-state index contributed by atoms with van der Waals surface area (Å²) in [7, 11) is 0. The quantitative estimate of drug-likeness (QED) is 0.711. The van der Waals surface area contributed by atoms with Gasteiger partial charge in [0.05, 0.1) is 26.2 Å². The monoisotopic (exact) mass is 249 g/mol. The Hall–Kier alpha value is -1.75. The standard InChI is InChI=1S/C13H16N2O3/c16-13(15-7-5-14-6-8-15)12-9-17-10-3-1-2-4-11(10)18-12/h1-4,12,14H,5-9H2/p+1/t12-/m1/s1. The van der Waals surface area contributed by atoms with E-state index in [-0.39, 0.29) is 5.91 Å². The Morgan fingerprint density at radius 1 is 1.22 bits per heavy atom. The van der Waals surface area contributed by atoms with Crippen LogP contribution in [0.5, 0.6) is 11.5 Å². The number of nitrogens with two attached hydrogens (primary N) is 1. The summed E-state index contributed by atoms with van der Waals surface area (Å²) in [6.07, 6.45) is -0.502. The van der Waals surface area contributed by atoms with E-state index in [2.05, 4.69) is 5.32 Å². The number of ether oxygens (including phenoxy) is 2. The van der Waals surface area contributed by atoms with Gasteiger partial charge in [-0.15, -0.1) is 0 Å². The van der Waals surface area contributed by atoms with Gasteiger partial charge in [0.2, 0.25) is 6.10 Å². The predicted molar refractivity (Wildman–Crippen MR) is 64.6 cm³/mol. The maximum atomic E-state index is 12.3. The molecule has 0 aromatic heterocycles. The minimum Gasteiger partial charge on any atom is -0.485 e. The Labute approximate surface area is 106 Å². The molecule has 1 fully saturated rings. The van der Waals surface area contributed by atoms with E-state index in [1.54, 1.807) is 0 Å². The van der Waals surface area contributed by atoms with Crippen molar-refractivity contribution in [3.63, 3.8) is 0 Å². The molecule has 96 valence electrons. The van der Waals surface area contributed by atoms with E-state index in [0.29, 0.717) is 18.1 Å². The van der Waals surface area contributed by atoms with Crippen molar-refractivity contribution in [2.45, 2.75) is 6.10 Å². The van der Waals surface area contributed by atoms with Crippen LogP contribution in [0.4, 0.5) is 0 Å². The van der Waals surface area contributed by atoms with E-state index >= 15 is 0 Å². The third-order valence-corrected chi connectivity index (χ3v) is 3.30. The molecule has 2 heterocycles. The summed E-state index contributed by atoms with van der Waals surface area (Å²) in [5.74, 6) is 1.41. The van der Waals surface area contributed by atoms with Crippen molar-refractivity contribution in [1.82, 2.24) is 4.90 Å². The molecule has 5 nitrogen and oxygen atoms in total. The highest BCUT2D eigenvalue weighted by atomic mass is 16.6. The minimum absolute atomic E-state index is 0.0394. The first-order valence-electron chi connectivity index (χ1n) is 6.33. The second-order valence-electron chi connectivity index (χ2n) is 4.56. The SMILES string of the molecule is O=C([C@H]1COc2ccccc2O1)N1CC[NH2+]CC1. The number of quaternary nitrogens is 1. The van der Waals surface area contributed by atoms with E-state index in [0.717, 1.165) is 26.2 Å². The van der Waals surface area contributed by atoms with Crippen LogP contribution in [-0.4, -0.2) is 49.7 Å². The number of piperazine rings is 1. The predicted octanol–water partition coefficient (Wildman–Crippen LogP) is -0.768. The number of carbonyl (C=O) groups is 1. The van der Waals surface area contributed by atoms with E-state index in [9.17, 15) is 4.79 Å². The van der Waals surface area contributed by atoms with Crippen molar-refractivity contribution in [2.24, 2.45) is 0 Å². The largest absolute Gasteiger partial charge is 0.485 e. The fourth-order valence-electron chi connectivity index (χ4n) is 2.32. The molecule has 1 aromatic carbocycles. The van der Waals surface area contributed by atoms with E-state index < -0.39 is 6.10 Å². The highest BCUT2D eigenvalue weighted by molar-refractivity contribution is 5.82. The Kier molecular flexibility index (Phi) is 3.06. The number of benzene rings is 1. The number of fused-ring (bicyclic) bond motifs is 1. The molecule has 2 aliphatic rings. The smallest absolute Gasteiger partial charge is 0.267 e. The number of amides is 1. The summed E-state index contributed by atoms with van der Waals surface area (Å²) in [6, 6.07) is 7.46. The summed E-state index contributed by atoms with van der Waals surface area (Å²) in [5.41, 5.74) is 0. The van der Waals surface area contributed by atoms with Gasteiger partial charge in [-0.3, -0.25) is 4.79 Å². The van der Waals surface area contributed by atoms with Crippen LogP contribution in [0.15, 0.2) is 24.3 Å². The number of rotatable bonds is 1. The lowest BCUT2D eigenvalue weighted by atomic mass is 10.2. The molecule has 0 saturated carbocycles. The fraction of sp³-hybridized carbons (Fsp3) is 0.462. The average Bonchev–Trinajstić information content (AvgIpc) is 2.47. The first-order valence-corrected chi connectivity index (χ1v) is 6.33. The van der Waals surface area contributed by atoms with Crippen molar-refractivity contribution in [1.29, 1.82) is 0 Å². The molecule has 0 aliphatic carbocycles. The summed E-state index contributed by atoms with van der Waals surface area (Å²) >= 11 is 0. The van der Waals surface area contributed by atoms with Gasteiger partial charge in [-0.25, -0.2) is 0 Å². The van der Waals surface area contributed by atoms with Crippen LogP contribution in [0.2, 0.25) is 0 Å². The minimum atomic E-state index is -0.502. The van der Waals surface area contributed by atoms with Gasteiger partial charge < -0.3 is 19.7 Å². The zero-order valence-corrected chi connectivity index (χ0v) is 10.2. The van der Waals surface area contributed by atoms with Crippen molar-refractivity contribution in [3.05, 3.63) is 24.3 Å². The molecule has 1 atom stereocenters. The molecule has 0 radical (unpaired) electrons. The van der Waals surface area contributed by atoms with E-state index in [4.69, 9.17) is 9.47 Å². The molecule has 0 unspecified atom stereocenters. The number of hydrogen-bond donors (Lipinski definition) is 1. The van der Waals surface area contributed by atoms with E-state index in [1.165, 1.54) is 0 Å². The molecule has 18 heavy (non-hydrogen) atoms. The van der Waals surface area contributed by atoms with Gasteiger partial charge in [0, 0.05) is 0 Å². The van der Waals surface area contributed by atoms with Crippen molar-refractivity contribution < 1.29 is 19.6 Å². The Morgan fingerprint density at radius 3 is 2.72 bits per heavy atom. The van der Waals surface area contributed by atoms with Crippen molar-refractivity contribution in [2.75, 3.05) is 32.8 Å². The van der Waals surface area contributed by atoms with Crippen molar-refractivity contribution in [3.8, 4) is 11.5 Å². The second kappa shape index (κ2) is 4.86. The Morgan fingerprint density at radius 2 is 1.94 bits per heavy atom. The maximum Gasteiger partial charge on any atom is 0.267 e. The van der Waals surface area contributed by atoms with Crippen molar-refractivity contribution >= 4 is 5.91 Å². The van der Waals surface area contributed by atoms with Gasteiger partial charge in [-0.1, -0.05) is 12.1 Å². The van der Waals surface area contributed by atoms with Gasteiger partial charge >= 0.3 is 0 Å². The average molecular weight is 249 g/mol. The molecule has 5 heteroatoms. The van der Waals surface area contributed by atoms with Crippen LogP contribution < -0.4 is 14.8 Å². The van der Waals surface area contributed by atoms with Crippen LogP contribution in [0.25, 0.3) is 0 Å². The molecule has 3 rings (SSSR count). The molecular weight excluding hydrogens is 232 g/mol. The maximum absolute atomic E-state index is 12.3. The lowest BCUT2D eigenvalue weighted by Gasteiger charge is -2.31. The zero-order chi connectivity index (χ0) is 12.4. The third kappa shape index (κ3) is 2.13. The first kappa shape index (κ1) is 11.3. The lowest BCUT2D eigenvalue weighted by molar-refractivity contribution is -0.662. The summed E-state index contributed by atoms with van der Waals surface area (Å²) in [4.78, 5) is 14.1. The summed E-state index contributed by atoms with van der Waals surface area (Å²) in [5, 5.41) is 2.22. The molecule has 1 amide bonds. The number of para-hydroxylation sites is 2. The molecule has 2 N–H and O–H groups in total. The van der Waals surface area contributed by atoms with E-state index in [1.807, 2.05) is 29.2 Å². The highest BCUT2D eigenvalue weighted by Crippen LogP contribution is 2.31. The number of carbonyl (C=O) groups excluding carboxylic acids is 1. The summed E-state index contributed by atoms with van der Waals surface area (Å²) < 4.78 is 11.3. The van der Waals surface area contributed by atoms with Crippen LogP contribution >= 0.6 is 0 Å². The van der Waals surface area contributed by atoms with Gasteiger partial charge in [0.25, 0.3) is 5.91 Å². The molecular formula is C13H17N2O3+. The van der Waals surface area contributed by atoms with Gasteiger partial charge in [0.1, 0.15) is 6.61 Å². The number of nitrogens with zero attached hydrogens (tertiary/aromatic N) is 1. The fourth-order valence-corrected chi connectivity index (χ4v) is 2.32. The van der Waals surface area contributed by atoms with Gasteiger partial charge in [0.15, 0.2) is 11.5 Å². The Balaban J connectivity index is 1.69.